The number of hydrogen-bond donors (Lipinski definition) is 2. The van der Waals surface area contributed by atoms with Crippen molar-refractivity contribution in [2.24, 2.45) is 23.7 Å². The molecule has 6 unspecified atom stereocenters. The summed E-state index contributed by atoms with van der Waals surface area (Å²) in [5.41, 5.74) is 3.98. The maximum atomic E-state index is 13.4. The van der Waals surface area contributed by atoms with Gasteiger partial charge in [-0.1, -0.05) is 42.8 Å². The number of hydrogen-bond acceptors (Lipinski definition) is 5. The summed E-state index contributed by atoms with van der Waals surface area (Å²) in [6, 6.07) is 12.0. The third kappa shape index (κ3) is 6.66. The molecule has 6 nitrogen and oxygen atoms in total. The minimum atomic E-state index is -1.49. The first kappa shape index (κ1) is 32.8. The van der Waals surface area contributed by atoms with Gasteiger partial charge in [0.05, 0.1) is 17.5 Å². The number of fused-ring (bicyclic) bond motifs is 4. The van der Waals surface area contributed by atoms with E-state index >= 15 is 0 Å². The van der Waals surface area contributed by atoms with Crippen molar-refractivity contribution < 1.29 is 18.8 Å². The van der Waals surface area contributed by atoms with Crippen LogP contribution in [0.4, 0.5) is 5.69 Å². The molecule has 2 aliphatic heterocycles. The number of rotatable bonds is 2. The lowest BCUT2D eigenvalue weighted by Gasteiger charge is -2.46. The summed E-state index contributed by atoms with van der Waals surface area (Å²) in [6.45, 7) is 10.5. The highest BCUT2D eigenvalue weighted by molar-refractivity contribution is 7.84. The van der Waals surface area contributed by atoms with Crippen LogP contribution in [-0.2, 0) is 22.8 Å². The summed E-state index contributed by atoms with van der Waals surface area (Å²) in [6.07, 6.45) is 14.1. The maximum absolute atomic E-state index is 13.4. The highest BCUT2D eigenvalue weighted by Crippen LogP contribution is 2.48. The van der Waals surface area contributed by atoms with Gasteiger partial charge in [-0.15, -0.1) is 6.58 Å². The number of allylic oxidation sites excluding steroid dienone is 3. The van der Waals surface area contributed by atoms with Gasteiger partial charge in [0.15, 0.2) is 0 Å². The van der Waals surface area contributed by atoms with Crippen molar-refractivity contribution in [1.29, 1.82) is 0 Å². The molecule has 1 saturated carbocycles. The summed E-state index contributed by atoms with van der Waals surface area (Å²) in [4.78, 5) is 15.9. The molecule has 2 aliphatic carbocycles. The molecule has 238 valence electrons. The molecule has 7 atom stereocenters. The molecule has 6 rings (SSSR count). The molecule has 44 heavy (non-hydrogen) atoms. The van der Waals surface area contributed by atoms with Crippen LogP contribution < -0.4 is 14.4 Å². The van der Waals surface area contributed by atoms with Crippen LogP contribution in [0.2, 0.25) is 5.02 Å². The van der Waals surface area contributed by atoms with Crippen LogP contribution in [0.1, 0.15) is 73.9 Å². The third-order valence-electron chi connectivity index (χ3n) is 10.4. The zero-order valence-electron chi connectivity index (χ0n) is 26.3. The predicted octanol–water partition coefficient (Wildman–Crippen LogP) is 7.02. The SMILES string of the molecule is C=CCC1/C=C/CC(C)C(C)S(=O)NC(=O)c2ccc3c(c2)N(CC2CCC12)C[C@@]1(CCCc2cc(Cl)ccc21)CO3.CO. The number of halogens is 1. The molecule has 8 heteroatoms. The lowest BCUT2D eigenvalue weighted by atomic mass is 9.65. The second kappa shape index (κ2) is 14.2. The van der Waals surface area contributed by atoms with Gasteiger partial charge in [-0.3, -0.25) is 9.52 Å². The number of amides is 1. The van der Waals surface area contributed by atoms with Gasteiger partial charge in [0.1, 0.15) is 16.7 Å². The molecule has 2 heterocycles. The summed E-state index contributed by atoms with van der Waals surface area (Å²) < 4.78 is 22.6. The summed E-state index contributed by atoms with van der Waals surface area (Å²) in [7, 11) is -0.487. The van der Waals surface area contributed by atoms with Crippen molar-refractivity contribution >= 4 is 34.2 Å². The average molecular weight is 639 g/mol. The van der Waals surface area contributed by atoms with E-state index < -0.39 is 11.0 Å². The molecule has 2 N–H and O–H groups in total. The molecule has 4 aliphatic rings. The van der Waals surface area contributed by atoms with Crippen molar-refractivity contribution in [3.63, 3.8) is 0 Å². The number of anilines is 1. The predicted molar refractivity (Wildman–Crippen MR) is 181 cm³/mol. The van der Waals surface area contributed by atoms with Gasteiger partial charge in [-0.25, -0.2) is 4.21 Å². The second-order valence-corrected chi connectivity index (χ2v) is 15.0. The fourth-order valence-corrected chi connectivity index (χ4v) is 8.84. The van der Waals surface area contributed by atoms with Crippen LogP contribution in [0.5, 0.6) is 5.75 Å². The number of aryl methyl sites for hydroxylation is 1. The van der Waals surface area contributed by atoms with Crippen LogP contribution in [0, 0.1) is 23.7 Å². The molecule has 2 bridgehead atoms. The Hall–Kier alpha value is -2.61. The number of carbonyl (C=O) groups excluding carboxylic acids is 1. The molecule has 1 spiro atoms. The quantitative estimate of drug-likeness (QED) is 0.346. The van der Waals surface area contributed by atoms with Crippen molar-refractivity contribution in [1.82, 2.24) is 4.72 Å². The number of aliphatic hydroxyl groups excluding tert-OH is 1. The van der Waals surface area contributed by atoms with E-state index in [4.69, 9.17) is 21.4 Å². The van der Waals surface area contributed by atoms with Crippen LogP contribution >= 0.6 is 11.6 Å². The zero-order valence-corrected chi connectivity index (χ0v) is 27.8. The molecule has 2 aromatic carbocycles. The fourth-order valence-electron chi connectivity index (χ4n) is 7.63. The first-order valence-electron chi connectivity index (χ1n) is 16.0. The Balaban J connectivity index is 0.00000188. The van der Waals surface area contributed by atoms with Crippen LogP contribution in [-0.4, -0.2) is 47.3 Å². The summed E-state index contributed by atoms with van der Waals surface area (Å²) in [5.74, 6) is 2.26. The number of aliphatic hydroxyl groups is 1. The number of nitrogens with zero attached hydrogens (tertiary/aromatic N) is 1. The Morgan fingerprint density at radius 3 is 2.77 bits per heavy atom. The summed E-state index contributed by atoms with van der Waals surface area (Å²) in [5, 5.41) is 7.62. The molecular formula is C36H47ClN2O4S. The number of nitrogens with one attached hydrogen (secondary N) is 1. The van der Waals surface area contributed by atoms with E-state index in [1.165, 1.54) is 24.0 Å². The van der Waals surface area contributed by atoms with Crippen LogP contribution in [0.15, 0.2) is 61.2 Å². The minimum Gasteiger partial charge on any atom is -0.490 e. The topological polar surface area (TPSA) is 78.9 Å². The van der Waals surface area contributed by atoms with Gasteiger partial charge >= 0.3 is 0 Å². The van der Waals surface area contributed by atoms with Crippen LogP contribution in [0.25, 0.3) is 0 Å². The molecule has 1 fully saturated rings. The smallest absolute Gasteiger partial charge is 0.263 e. The van der Waals surface area contributed by atoms with E-state index in [0.29, 0.717) is 29.9 Å². The van der Waals surface area contributed by atoms with E-state index in [1.807, 2.05) is 31.2 Å². The molecule has 1 amide bonds. The van der Waals surface area contributed by atoms with Gasteiger partial charge < -0.3 is 14.7 Å². The molecule has 0 aromatic heterocycles. The van der Waals surface area contributed by atoms with Gasteiger partial charge in [0.25, 0.3) is 5.91 Å². The van der Waals surface area contributed by atoms with E-state index in [0.717, 1.165) is 68.8 Å². The Bertz CT molecular complexity index is 1410. The minimum absolute atomic E-state index is 0.160. The number of ether oxygens (including phenoxy) is 1. The summed E-state index contributed by atoms with van der Waals surface area (Å²) >= 11 is 6.43. The molecule has 0 radical (unpaired) electrons. The highest BCUT2D eigenvalue weighted by Gasteiger charge is 2.44. The van der Waals surface area contributed by atoms with E-state index in [1.54, 1.807) is 0 Å². The van der Waals surface area contributed by atoms with Gasteiger partial charge in [0.2, 0.25) is 0 Å². The van der Waals surface area contributed by atoms with Crippen molar-refractivity contribution in [3.8, 4) is 5.75 Å². The first-order valence-corrected chi connectivity index (χ1v) is 17.6. The largest absolute Gasteiger partial charge is 0.490 e. The zero-order chi connectivity index (χ0) is 31.4. The van der Waals surface area contributed by atoms with Crippen molar-refractivity contribution in [2.75, 3.05) is 31.7 Å². The molecule has 0 saturated heterocycles. The highest BCUT2D eigenvalue weighted by atomic mass is 35.5. The second-order valence-electron chi connectivity index (χ2n) is 13.1. The number of benzene rings is 2. The van der Waals surface area contributed by atoms with Gasteiger partial charge in [-0.2, -0.15) is 0 Å². The monoisotopic (exact) mass is 638 g/mol. The Labute approximate surface area is 270 Å². The fraction of sp³-hybridized carbons (Fsp3) is 0.528. The average Bonchev–Trinajstić information content (AvgIpc) is 3.16. The van der Waals surface area contributed by atoms with Crippen molar-refractivity contribution in [3.05, 3.63) is 82.9 Å². The van der Waals surface area contributed by atoms with Crippen molar-refractivity contribution in [2.45, 2.75) is 69.5 Å². The third-order valence-corrected chi connectivity index (χ3v) is 12.2. The standard InChI is InChI=1S/C35H43ClN2O3S.CH4O/c1-4-7-25-9-5-8-23(2)24(3)42(40)37-34(39)27-12-16-33-32(19-27)38(20-28-11-14-30(25)28)21-35(22-41-33)17-6-10-26-18-29(36)13-15-31(26)35;1-2/h4-5,9,12-13,15-16,18-19,23-25,28,30H,1,6-8,10-11,14,17,20-22H2,2-3H3,(H,37,39);2H,1H3/b9-5+;/t23?,24?,25?,28?,30?,35-,42?;/m0./s1. The lowest BCUT2D eigenvalue weighted by molar-refractivity contribution is 0.0982. The Kier molecular flexibility index (Phi) is 10.6. The lowest BCUT2D eigenvalue weighted by Crippen LogP contribution is -2.49. The normalized spacial score (nSPS) is 32.3. The Morgan fingerprint density at radius 2 is 2.02 bits per heavy atom. The first-order chi connectivity index (χ1) is 21.3. The maximum Gasteiger partial charge on any atom is 0.263 e. The molecule has 2 aromatic rings. The Morgan fingerprint density at radius 1 is 1.20 bits per heavy atom. The molecular weight excluding hydrogens is 592 g/mol. The van der Waals surface area contributed by atoms with Crippen LogP contribution in [0.3, 0.4) is 0 Å². The van der Waals surface area contributed by atoms with E-state index in [-0.39, 0.29) is 22.5 Å². The van der Waals surface area contributed by atoms with E-state index in [2.05, 4.69) is 53.5 Å². The number of carbonyl (C=O) groups is 1. The van der Waals surface area contributed by atoms with Gasteiger partial charge in [0, 0.05) is 36.2 Å². The van der Waals surface area contributed by atoms with Gasteiger partial charge in [-0.05, 0) is 117 Å². The van der Waals surface area contributed by atoms with E-state index in [9.17, 15) is 9.00 Å².